The van der Waals surface area contributed by atoms with E-state index in [0.717, 1.165) is 12.1 Å². The first-order chi connectivity index (χ1) is 9.98. The molecular weight excluding hydrogens is 344 g/mol. The zero-order chi connectivity index (χ0) is 15.6. The molecule has 0 radical (unpaired) electrons. The third-order valence-electron chi connectivity index (χ3n) is 4.03. The molecule has 1 aliphatic carbocycles. The van der Waals surface area contributed by atoms with Gasteiger partial charge in [0.2, 0.25) is 0 Å². The second kappa shape index (κ2) is 6.10. The molecule has 1 fully saturated rings. The lowest BCUT2D eigenvalue weighted by Crippen LogP contribution is -2.49. The van der Waals surface area contributed by atoms with Crippen LogP contribution in [0.5, 0.6) is 0 Å². The van der Waals surface area contributed by atoms with Gasteiger partial charge < -0.3 is 4.74 Å². The van der Waals surface area contributed by atoms with Crippen LogP contribution in [0.15, 0.2) is 12.1 Å². The summed E-state index contributed by atoms with van der Waals surface area (Å²) < 4.78 is 33.0. The lowest BCUT2D eigenvalue weighted by Gasteiger charge is -2.45. The normalized spacial score (nSPS) is 24.0. The van der Waals surface area contributed by atoms with Crippen LogP contribution in [0.3, 0.4) is 0 Å². The summed E-state index contributed by atoms with van der Waals surface area (Å²) in [5.74, 6) is -1.75. The van der Waals surface area contributed by atoms with Crippen molar-refractivity contribution in [1.82, 2.24) is 0 Å². The first kappa shape index (κ1) is 15.9. The number of nitrogens with zero attached hydrogens (tertiary/aromatic N) is 1. The Morgan fingerprint density at radius 2 is 2.14 bits per heavy atom. The standard InChI is InChI=1S/C15H14BrF2NO2/c1-21-14(20)15(6-9(7-15)2-3-19)11-5-12(17)10(8-16)4-13(11)18/h4-5,9H,2,6-8H2,1H3. The van der Waals surface area contributed by atoms with Gasteiger partial charge in [-0.25, -0.2) is 8.78 Å². The number of rotatable bonds is 4. The maximum absolute atomic E-state index is 14.3. The molecule has 112 valence electrons. The Balaban J connectivity index is 2.43. The van der Waals surface area contributed by atoms with Gasteiger partial charge in [0, 0.05) is 22.9 Å². The largest absolute Gasteiger partial charge is 0.468 e. The lowest BCUT2D eigenvalue weighted by atomic mass is 9.57. The molecule has 0 N–H and O–H groups in total. The van der Waals surface area contributed by atoms with Crippen molar-refractivity contribution in [3.05, 3.63) is 34.9 Å². The second-order valence-electron chi connectivity index (χ2n) is 5.27. The Kier molecular flexibility index (Phi) is 4.62. The smallest absolute Gasteiger partial charge is 0.316 e. The summed E-state index contributed by atoms with van der Waals surface area (Å²) in [6.07, 6.45) is 0.900. The maximum Gasteiger partial charge on any atom is 0.316 e. The number of carbonyl (C=O) groups is 1. The van der Waals surface area contributed by atoms with E-state index in [0.29, 0.717) is 19.3 Å². The van der Waals surface area contributed by atoms with Crippen molar-refractivity contribution in [2.45, 2.75) is 30.0 Å². The molecule has 1 aromatic carbocycles. The highest BCUT2D eigenvalue weighted by Crippen LogP contribution is 2.51. The Labute approximate surface area is 130 Å². The predicted molar refractivity (Wildman–Crippen MR) is 75.6 cm³/mol. The summed E-state index contributed by atoms with van der Waals surface area (Å²) in [7, 11) is 1.23. The van der Waals surface area contributed by atoms with Gasteiger partial charge in [0.05, 0.1) is 18.6 Å². The van der Waals surface area contributed by atoms with Gasteiger partial charge in [-0.3, -0.25) is 4.79 Å². The van der Waals surface area contributed by atoms with Gasteiger partial charge >= 0.3 is 5.97 Å². The van der Waals surface area contributed by atoms with E-state index in [9.17, 15) is 13.6 Å². The van der Waals surface area contributed by atoms with Gasteiger partial charge in [0.15, 0.2) is 0 Å². The predicted octanol–water partition coefficient (Wildman–Crippen LogP) is 3.59. The lowest BCUT2D eigenvalue weighted by molar-refractivity contribution is -0.153. The summed E-state index contributed by atoms with van der Waals surface area (Å²) in [5, 5.41) is 8.89. The summed E-state index contributed by atoms with van der Waals surface area (Å²) in [4.78, 5) is 12.1. The number of alkyl halides is 1. The molecule has 1 saturated carbocycles. The van der Waals surface area contributed by atoms with Crippen LogP contribution in [-0.4, -0.2) is 13.1 Å². The number of hydrogen-bond donors (Lipinski definition) is 0. The fraction of sp³-hybridized carbons (Fsp3) is 0.467. The minimum Gasteiger partial charge on any atom is -0.468 e. The Morgan fingerprint density at radius 3 is 2.67 bits per heavy atom. The minimum absolute atomic E-state index is 0.00686. The molecule has 0 saturated heterocycles. The average Bonchev–Trinajstić information content (AvgIpc) is 2.44. The molecule has 3 nitrogen and oxygen atoms in total. The maximum atomic E-state index is 14.3. The van der Waals surface area contributed by atoms with Crippen LogP contribution in [0.4, 0.5) is 8.78 Å². The van der Waals surface area contributed by atoms with Crippen LogP contribution in [0.2, 0.25) is 0 Å². The van der Waals surface area contributed by atoms with Crippen LogP contribution in [0, 0.1) is 28.9 Å². The van der Waals surface area contributed by atoms with E-state index in [1.807, 2.05) is 6.07 Å². The number of nitriles is 1. The van der Waals surface area contributed by atoms with Gasteiger partial charge in [-0.15, -0.1) is 0 Å². The highest BCUT2D eigenvalue weighted by Gasteiger charge is 2.53. The van der Waals surface area contributed by atoms with Gasteiger partial charge in [-0.2, -0.15) is 5.26 Å². The van der Waals surface area contributed by atoms with Crippen molar-refractivity contribution in [2.75, 3.05) is 7.11 Å². The van der Waals surface area contributed by atoms with E-state index in [1.54, 1.807) is 0 Å². The molecular formula is C15H14BrF2NO2. The van der Waals surface area contributed by atoms with Crippen LogP contribution < -0.4 is 0 Å². The number of esters is 1. The van der Waals surface area contributed by atoms with Crippen LogP contribution in [0.1, 0.15) is 30.4 Å². The average molecular weight is 358 g/mol. The first-order valence-electron chi connectivity index (χ1n) is 6.48. The first-order valence-corrected chi connectivity index (χ1v) is 7.60. The van der Waals surface area contributed by atoms with Crippen molar-refractivity contribution in [2.24, 2.45) is 5.92 Å². The molecule has 21 heavy (non-hydrogen) atoms. The van der Waals surface area contributed by atoms with E-state index in [1.165, 1.54) is 7.11 Å². The minimum atomic E-state index is -1.17. The molecule has 0 unspecified atom stereocenters. The Morgan fingerprint density at radius 1 is 1.48 bits per heavy atom. The van der Waals surface area contributed by atoms with Gasteiger partial charge in [0.1, 0.15) is 11.6 Å². The van der Waals surface area contributed by atoms with E-state index in [-0.39, 0.29) is 22.4 Å². The van der Waals surface area contributed by atoms with E-state index < -0.39 is 23.0 Å². The number of benzene rings is 1. The third-order valence-corrected chi connectivity index (χ3v) is 4.63. The fourth-order valence-electron chi connectivity index (χ4n) is 2.95. The number of carbonyl (C=O) groups excluding carboxylic acids is 1. The summed E-state index contributed by atoms with van der Waals surface area (Å²) in [6.45, 7) is 0. The molecule has 1 aromatic rings. The third kappa shape index (κ3) is 2.67. The summed E-state index contributed by atoms with van der Waals surface area (Å²) in [6, 6.07) is 4.21. The van der Waals surface area contributed by atoms with Crippen molar-refractivity contribution >= 4 is 21.9 Å². The van der Waals surface area contributed by atoms with Crippen LogP contribution >= 0.6 is 15.9 Å². The molecule has 0 bridgehead atoms. The molecule has 0 amide bonds. The molecule has 0 atom stereocenters. The number of hydrogen-bond acceptors (Lipinski definition) is 3. The van der Waals surface area contributed by atoms with Crippen molar-refractivity contribution in [1.29, 1.82) is 5.26 Å². The quantitative estimate of drug-likeness (QED) is 0.611. The van der Waals surface area contributed by atoms with Crippen molar-refractivity contribution in [3.63, 3.8) is 0 Å². The highest BCUT2D eigenvalue weighted by atomic mass is 79.9. The van der Waals surface area contributed by atoms with E-state index in [2.05, 4.69) is 15.9 Å². The Hall–Kier alpha value is -1.48. The molecule has 0 aliphatic heterocycles. The topological polar surface area (TPSA) is 50.1 Å². The zero-order valence-corrected chi connectivity index (χ0v) is 13.0. The second-order valence-corrected chi connectivity index (χ2v) is 5.83. The highest BCUT2D eigenvalue weighted by molar-refractivity contribution is 9.08. The Bertz CT molecular complexity index is 606. The molecule has 2 rings (SSSR count). The van der Waals surface area contributed by atoms with Gasteiger partial charge in [-0.1, -0.05) is 15.9 Å². The van der Waals surface area contributed by atoms with Crippen LogP contribution in [-0.2, 0) is 20.3 Å². The molecule has 0 heterocycles. The van der Waals surface area contributed by atoms with E-state index in [4.69, 9.17) is 10.00 Å². The van der Waals surface area contributed by atoms with E-state index >= 15 is 0 Å². The number of halogens is 3. The molecule has 0 aromatic heterocycles. The summed E-state index contributed by atoms with van der Waals surface area (Å²) in [5.41, 5.74) is -0.957. The molecule has 1 aliphatic rings. The van der Waals surface area contributed by atoms with Crippen LogP contribution in [0.25, 0.3) is 0 Å². The monoisotopic (exact) mass is 357 g/mol. The number of ether oxygens (including phenoxy) is 1. The van der Waals surface area contributed by atoms with Crippen molar-refractivity contribution < 1.29 is 18.3 Å². The van der Waals surface area contributed by atoms with Gasteiger partial charge in [-0.05, 0) is 30.9 Å². The molecule has 0 spiro atoms. The zero-order valence-electron chi connectivity index (χ0n) is 11.5. The van der Waals surface area contributed by atoms with Crippen molar-refractivity contribution in [3.8, 4) is 6.07 Å². The SMILES string of the molecule is COC(=O)C1(c2cc(F)c(CBr)cc2F)CC(CC#N)C1. The van der Waals surface area contributed by atoms with Gasteiger partial charge in [0.25, 0.3) is 0 Å². The summed E-state index contributed by atoms with van der Waals surface area (Å²) >= 11 is 3.09. The molecule has 6 heteroatoms. The fourth-order valence-corrected chi connectivity index (χ4v) is 3.38. The number of methoxy groups -OCH3 is 1.